The van der Waals surface area contributed by atoms with Crippen LogP contribution >= 0.6 is 11.6 Å². The smallest absolute Gasteiger partial charge is 0.228 e. The molecular weight excluding hydrogens is 316 g/mol. The zero-order valence-electron chi connectivity index (χ0n) is 13.8. The summed E-state index contributed by atoms with van der Waals surface area (Å²) in [4.78, 5) is 30.6. The molecule has 0 aliphatic carbocycles. The summed E-state index contributed by atoms with van der Waals surface area (Å²) in [6, 6.07) is 2.14. The van der Waals surface area contributed by atoms with Crippen LogP contribution in [0, 0.1) is 5.92 Å². The lowest BCUT2D eigenvalue weighted by Gasteiger charge is -2.42. The fraction of sp³-hybridized carbons (Fsp3) is 0.625. The van der Waals surface area contributed by atoms with Crippen LogP contribution in [0.15, 0.2) is 12.3 Å². The lowest BCUT2D eigenvalue weighted by Crippen LogP contribution is -2.58. The Hall–Kier alpha value is -1.53. The van der Waals surface area contributed by atoms with E-state index in [1.165, 1.54) is 0 Å². The second kappa shape index (κ2) is 6.17. The van der Waals surface area contributed by atoms with Gasteiger partial charge in [0.05, 0.1) is 23.5 Å². The van der Waals surface area contributed by atoms with Gasteiger partial charge in [0.25, 0.3) is 0 Å². The monoisotopic (exact) mass is 338 g/mol. The Morgan fingerprint density at radius 2 is 2.04 bits per heavy atom. The Bertz CT molecular complexity index is 624. The highest BCUT2D eigenvalue weighted by molar-refractivity contribution is 6.30. The summed E-state index contributed by atoms with van der Waals surface area (Å²) in [6.07, 6.45) is 2.15. The van der Waals surface area contributed by atoms with E-state index in [0.29, 0.717) is 24.5 Å². The van der Waals surface area contributed by atoms with E-state index >= 15 is 0 Å². The van der Waals surface area contributed by atoms with Crippen molar-refractivity contribution in [3.8, 4) is 0 Å². The molecule has 3 rings (SSSR count). The maximum Gasteiger partial charge on any atom is 0.228 e. The molecule has 2 aliphatic heterocycles. The van der Waals surface area contributed by atoms with Crippen molar-refractivity contribution in [1.29, 1.82) is 0 Å². The number of nitrogens with zero attached hydrogens (tertiary/aromatic N) is 4. The van der Waals surface area contributed by atoms with Gasteiger partial charge < -0.3 is 19.3 Å². The van der Waals surface area contributed by atoms with E-state index in [2.05, 4.69) is 4.90 Å². The predicted octanol–water partition coefficient (Wildman–Crippen LogP) is 0.799. The number of likely N-dealkylation sites (tertiary alicyclic amines) is 2. The molecule has 0 saturated carbocycles. The van der Waals surface area contributed by atoms with Gasteiger partial charge in [-0.3, -0.25) is 9.59 Å². The fourth-order valence-corrected chi connectivity index (χ4v) is 3.74. The Labute approximate surface area is 141 Å². The highest BCUT2D eigenvalue weighted by Gasteiger charge is 2.41. The van der Waals surface area contributed by atoms with Crippen LogP contribution in [0.5, 0.6) is 0 Å². The molecule has 3 heterocycles. The van der Waals surface area contributed by atoms with Gasteiger partial charge in [0.15, 0.2) is 0 Å². The van der Waals surface area contributed by atoms with Crippen molar-refractivity contribution in [2.75, 3.05) is 33.7 Å². The summed E-state index contributed by atoms with van der Waals surface area (Å²) in [5, 5.41) is 0.666. The number of aromatic nitrogens is 1. The van der Waals surface area contributed by atoms with E-state index in [-0.39, 0.29) is 23.8 Å². The standard InChI is InChI=1S/C16H23ClN4O2/c1-18-8-14(9-18)21-6-11(4-15(21)22)16(23)20(3)10-13-5-12(17)7-19(13)2/h5,7,11,14H,4,6,8-10H2,1-3H3. The van der Waals surface area contributed by atoms with Gasteiger partial charge in [-0.15, -0.1) is 0 Å². The zero-order valence-corrected chi connectivity index (χ0v) is 14.6. The van der Waals surface area contributed by atoms with Crippen LogP contribution in [0.25, 0.3) is 0 Å². The number of hydrogen-bond acceptors (Lipinski definition) is 3. The minimum Gasteiger partial charge on any atom is -0.351 e. The highest BCUT2D eigenvalue weighted by atomic mass is 35.5. The van der Waals surface area contributed by atoms with Gasteiger partial charge in [0.1, 0.15) is 0 Å². The summed E-state index contributed by atoms with van der Waals surface area (Å²) in [6.45, 7) is 2.86. The molecule has 0 bridgehead atoms. The predicted molar refractivity (Wildman–Crippen MR) is 88.0 cm³/mol. The van der Waals surface area contributed by atoms with Crippen LogP contribution in [-0.2, 0) is 23.2 Å². The first kappa shape index (κ1) is 16.3. The van der Waals surface area contributed by atoms with E-state index in [4.69, 9.17) is 11.6 Å². The third-order valence-electron chi connectivity index (χ3n) is 4.84. The number of likely N-dealkylation sites (N-methyl/N-ethyl adjacent to an activating group) is 1. The molecule has 126 valence electrons. The average Bonchev–Trinajstić information content (AvgIpc) is 2.97. The number of halogens is 1. The van der Waals surface area contributed by atoms with Crippen LogP contribution in [0.2, 0.25) is 5.02 Å². The van der Waals surface area contributed by atoms with Crippen LogP contribution in [-0.4, -0.2) is 70.9 Å². The minimum absolute atomic E-state index is 0.0332. The maximum atomic E-state index is 12.6. The van der Waals surface area contributed by atoms with Crippen molar-refractivity contribution in [3.05, 3.63) is 23.0 Å². The molecule has 1 atom stereocenters. The summed E-state index contributed by atoms with van der Waals surface area (Å²) < 4.78 is 1.92. The van der Waals surface area contributed by atoms with E-state index in [1.807, 2.05) is 35.8 Å². The number of carbonyl (C=O) groups excluding carboxylic acids is 2. The van der Waals surface area contributed by atoms with Crippen molar-refractivity contribution in [3.63, 3.8) is 0 Å². The molecule has 2 fully saturated rings. The van der Waals surface area contributed by atoms with Crippen LogP contribution < -0.4 is 0 Å². The van der Waals surface area contributed by atoms with Gasteiger partial charge in [-0.1, -0.05) is 11.6 Å². The van der Waals surface area contributed by atoms with E-state index < -0.39 is 0 Å². The molecule has 1 unspecified atom stereocenters. The van der Waals surface area contributed by atoms with Gasteiger partial charge in [-0.2, -0.15) is 0 Å². The summed E-state index contributed by atoms with van der Waals surface area (Å²) >= 11 is 5.98. The first-order valence-corrected chi connectivity index (χ1v) is 8.26. The number of aryl methyl sites for hydroxylation is 1. The highest BCUT2D eigenvalue weighted by Crippen LogP contribution is 2.26. The largest absolute Gasteiger partial charge is 0.351 e. The SMILES string of the molecule is CN1CC(N2CC(C(=O)N(C)Cc3cc(Cl)cn3C)CC2=O)C1. The molecule has 2 aliphatic rings. The van der Waals surface area contributed by atoms with Crippen LogP contribution in [0.1, 0.15) is 12.1 Å². The van der Waals surface area contributed by atoms with Gasteiger partial charge >= 0.3 is 0 Å². The number of amides is 2. The Morgan fingerprint density at radius 3 is 2.61 bits per heavy atom. The lowest BCUT2D eigenvalue weighted by molar-refractivity contribution is -0.135. The minimum atomic E-state index is -0.228. The van der Waals surface area contributed by atoms with Gasteiger partial charge in [-0.05, 0) is 13.1 Å². The van der Waals surface area contributed by atoms with Crippen molar-refractivity contribution in [2.24, 2.45) is 13.0 Å². The Balaban J connectivity index is 1.59. The van der Waals surface area contributed by atoms with Crippen molar-refractivity contribution in [1.82, 2.24) is 19.3 Å². The molecule has 2 amide bonds. The Morgan fingerprint density at radius 1 is 1.35 bits per heavy atom. The van der Waals surface area contributed by atoms with E-state index in [9.17, 15) is 9.59 Å². The van der Waals surface area contributed by atoms with E-state index in [0.717, 1.165) is 18.8 Å². The molecule has 0 radical (unpaired) electrons. The second-order valence-corrected chi connectivity index (χ2v) is 7.21. The fourth-order valence-electron chi connectivity index (χ4n) is 3.47. The molecule has 0 spiro atoms. The summed E-state index contributed by atoms with van der Waals surface area (Å²) in [7, 11) is 5.74. The third kappa shape index (κ3) is 3.23. The van der Waals surface area contributed by atoms with Crippen LogP contribution in [0.3, 0.4) is 0 Å². The van der Waals surface area contributed by atoms with Gasteiger partial charge in [0, 0.05) is 52.0 Å². The van der Waals surface area contributed by atoms with Gasteiger partial charge in [0.2, 0.25) is 11.8 Å². The number of hydrogen-bond donors (Lipinski definition) is 0. The number of carbonyl (C=O) groups is 2. The molecule has 1 aromatic heterocycles. The molecule has 0 aromatic carbocycles. The first-order chi connectivity index (χ1) is 10.8. The topological polar surface area (TPSA) is 48.8 Å². The normalized spacial score (nSPS) is 22.5. The second-order valence-electron chi connectivity index (χ2n) is 6.78. The molecule has 0 N–H and O–H groups in total. The maximum absolute atomic E-state index is 12.6. The van der Waals surface area contributed by atoms with E-state index in [1.54, 1.807) is 11.9 Å². The van der Waals surface area contributed by atoms with Crippen molar-refractivity contribution >= 4 is 23.4 Å². The molecular formula is C16H23ClN4O2. The molecule has 23 heavy (non-hydrogen) atoms. The average molecular weight is 339 g/mol. The number of rotatable bonds is 4. The zero-order chi connectivity index (χ0) is 16.7. The molecule has 2 saturated heterocycles. The van der Waals surface area contributed by atoms with Crippen molar-refractivity contribution < 1.29 is 9.59 Å². The molecule has 1 aromatic rings. The molecule has 6 nitrogen and oxygen atoms in total. The summed E-state index contributed by atoms with van der Waals surface area (Å²) in [5.41, 5.74) is 0.979. The van der Waals surface area contributed by atoms with Gasteiger partial charge in [-0.25, -0.2) is 0 Å². The van der Waals surface area contributed by atoms with Crippen LogP contribution in [0.4, 0.5) is 0 Å². The molecule has 7 heteroatoms. The van der Waals surface area contributed by atoms with Crippen molar-refractivity contribution in [2.45, 2.75) is 19.0 Å². The summed E-state index contributed by atoms with van der Waals surface area (Å²) in [5.74, 6) is -0.0863. The first-order valence-electron chi connectivity index (χ1n) is 7.89. The third-order valence-corrected chi connectivity index (χ3v) is 5.05. The quantitative estimate of drug-likeness (QED) is 0.816. The lowest BCUT2D eigenvalue weighted by atomic mass is 10.1. The Kier molecular flexibility index (Phi) is 4.38.